The maximum Gasteiger partial charge on any atom is 0.258 e. The van der Waals surface area contributed by atoms with Crippen molar-refractivity contribution in [3.63, 3.8) is 0 Å². The van der Waals surface area contributed by atoms with Crippen LogP contribution in [0.25, 0.3) is 4.96 Å². The van der Waals surface area contributed by atoms with E-state index in [9.17, 15) is 9.59 Å². The van der Waals surface area contributed by atoms with Gasteiger partial charge in [0.15, 0.2) is 9.30 Å². The predicted molar refractivity (Wildman–Crippen MR) is 113 cm³/mol. The number of hydrogen-bond donors (Lipinski definition) is 2. The van der Waals surface area contributed by atoms with Crippen LogP contribution in [0.15, 0.2) is 51.0 Å². The van der Waals surface area contributed by atoms with Crippen molar-refractivity contribution in [3.8, 4) is 0 Å². The topological polar surface area (TPSA) is 101 Å². The minimum absolute atomic E-state index is 0.0829. The molecule has 0 atom stereocenters. The molecule has 1 aromatic carbocycles. The molecule has 0 aliphatic carbocycles. The Kier molecular flexibility index (Phi) is 5.37. The number of anilines is 3. The molecule has 0 saturated heterocycles. The van der Waals surface area contributed by atoms with Crippen molar-refractivity contribution in [2.24, 2.45) is 0 Å². The van der Waals surface area contributed by atoms with Crippen LogP contribution in [0.5, 0.6) is 0 Å². The predicted octanol–water partition coefficient (Wildman–Crippen LogP) is 3.60. The summed E-state index contributed by atoms with van der Waals surface area (Å²) >= 11 is 4.32. The number of amides is 1. The summed E-state index contributed by atoms with van der Waals surface area (Å²) in [7, 11) is 0. The maximum atomic E-state index is 12.0. The third kappa shape index (κ3) is 4.38. The highest BCUT2D eigenvalue weighted by molar-refractivity contribution is 8.00. The molecule has 0 spiro atoms. The zero-order valence-corrected chi connectivity index (χ0v) is 17.0. The second-order valence-corrected chi connectivity index (χ2v) is 8.76. The largest absolute Gasteiger partial charge is 0.330 e. The SMILES string of the molecule is CC(=O)Nc1cccc(Nc2nnc(SCc3cc(=O)n4ccsc4n3)s2)c1. The molecule has 3 aromatic heterocycles. The summed E-state index contributed by atoms with van der Waals surface area (Å²) in [6, 6.07) is 8.90. The molecule has 1 amide bonds. The Labute approximate surface area is 171 Å². The van der Waals surface area contributed by atoms with Gasteiger partial charge >= 0.3 is 0 Å². The van der Waals surface area contributed by atoms with Gasteiger partial charge in [0.05, 0.1) is 5.69 Å². The van der Waals surface area contributed by atoms with Gasteiger partial charge in [-0.25, -0.2) is 4.98 Å². The molecule has 8 nitrogen and oxygen atoms in total. The van der Waals surface area contributed by atoms with Gasteiger partial charge in [0, 0.05) is 41.7 Å². The molecule has 142 valence electrons. The molecule has 0 unspecified atom stereocenters. The van der Waals surface area contributed by atoms with Crippen LogP contribution in [0.2, 0.25) is 0 Å². The van der Waals surface area contributed by atoms with Gasteiger partial charge in [0.1, 0.15) is 0 Å². The van der Waals surface area contributed by atoms with Crippen molar-refractivity contribution in [1.29, 1.82) is 0 Å². The van der Waals surface area contributed by atoms with Gasteiger partial charge in [-0.3, -0.25) is 14.0 Å². The van der Waals surface area contributed by atoms with Crippen molar-refractivity contribution >= 4 is 61.8 Å². The summed E-state index contributed by atoms with van der Waals surface area (Å²) in [6.07, 6.45) is 1.72. The number of benzene rings is 1. The summed E-state index contributed by atoms with van der Waals surface area (Å²) in [5, 5.41) is 16.7. The molecule has 11 heteroatoms. The highest BCUT2D eigenvalue weighted by Gasteiger charge is 2.09. The Morgan fingerprint density at radius 3 is 2.96 bits per heavy atom. The number of nitrogens with zero attached hydrogens (tertiary/aromatic N) is 4. The van der Waals surface area contributed by atoms with Gasteiger partial charge in [0.2, 0.25) is 11.0 Å². The standard InChI is InChI=1S/C17H14N6O2S3/c1-10(24)18-11-3-2-4-12(7-11)19-15-21-22-17(28-15)27-9-13-8-14(25)23-5-6-26-16(23)20-13/h2-8H,9H2,1H3,(H,18,24)(H,19,21). The number of carbonyl (C=O) groups excluding carboxylic acids is 1. The molecular weight excluding hydrogens is 416 g/mol. The van der Waals surface area contributed by atoms with E-state index >= 15 is 0 Å². The number of hydrogen-bond acceptors (Lipinski definition) is 9. The van der Waals surface area contributed by atoms with Crippen LogP contribution >= 0.6 is 34.4 Å². The zero-order chi connectivity index (χ0) is 19.5. The highest BCUT2D eigenvalue weighted by Crippen LogP contribution is 2.30. The first-order chi connectivity index (χ1) is 13.6. The Balaban J connectivity index is 1.41. The number of fused-ring (bicyclic) bond motifs is 1. The van der Waals surface area contributed by atoms with Gasteiger partial charge < -0.3 is 10.6 Å². The Hall–Kier alpha value is -2.76. The summed E-state index contributed by atoms with van der Waals surface area (Å²) in [5.41, 5.74) is 2.14. The van der Waals surface area contributed by atoms with Gasteiger partial charge in [-0.1, -0.05) is 29.2 Å². The first-order valence-corrected chi connectivity index (χ1v) is 10.8. The Morgan fingerprint density at radius 1 is 1.25 bits per heavy atom. The molecule has 4 aromatic rings. The van der Waals surface area contributed by atoms with Crippen LogP contribution in [0.3, 0.4) is 0 Å². The number of aromatic nitrogens is 4. The molecule has 0 saturated carbocycles. The first-order valence-electron chi connectivity index (χ1n) is 8.13. The maximum absolute atomic E-state index is 12.0. The quantitative estimate of drug-likeness (QED) is 0.451. The monoisotopic (exact) mass is 430 g/mol. The van der Waals surface area contributed by atoms with Crippen molar-refractivity contribution < 1.29 is 4.79 Å². The highest BCUT2D eigenvalue weighted by atomic mass is 32.2. The molecule has 0 aliphatic rings. The lowest BCUT2D eigenvalue weighted by Gasteiger charge is -2.05. The molecule has 3 heterocycles. The van der Waals surface area contributed by atoms with Gasteiger partial charge in [-0.05, 0) is 18.2 Å². The van der Waals surface area contributed by atoms with E-state index in [-0.39, 0.29) is 11.5 Å². The third-order valence-corrected chi connectivity index (χ3v) is 6.30. The number of thiazole rings is 1. The van der Waals surface area contributed by atoms with Crippen LogP contribution in [0.4, 0.5) is 16.5 Å². The lowest BCUT2D eigenvalue weighted by atomic mass is 10.3. The van der Waals surface area contributed by atoms with Gasteiger partial charge in [-0.15, -0.1) is 21.5 Å². The average molecular weight is 431 g/mol. The van der Waals surface area contributed by atoms with E-state index in [1.165, 1.54) is 45.8 Å². The lowest BCUT2D eigenvalue weighted by Crippen LogP contribution is -2.12. The zero-order valence-electron chi connectivity index (χ0n) is 14.6. The molecule has 0 fully saturated rings. The molecule has 0 radical (unpaired) electrons. The van der Waals surface area contributed by atoms with Gasteiger partial charge in [-0.2, -0.15) is 0 Å². The third-order valence-electron chi connectivity index (χ3n) is 3.54. The van der Waals surface area contributed by atoms with Crippen molar-refractivity contribution in [1.82, 2.24) is 19.6 Å². The fraction of sp³-hybridized carbons (Fsp3) is 0.118. The van der Waals surface area contributed by atoms with E-state index in [4.69, 9.17) is 0 Å². The second-order valence-electron chi connectivity index (χ2n) is 5.69. The smallest absolute Gasteiger partial charge is 0.258 e. The minimum atomic E-state index is -0.124. The van der Waals surface area contributed by atoms with Crippen molar-refractivity contribution in [2.45, 2.75) is 17.0 Å². The molecule has 4 rings (SSSR count). The fourth-order valence-electron chi connectivity index (χ4n) is 2.42. The lowest BCUT2D eigenvalue weighted by molar-refractivity contribution is -0.114. The number of nitrogens with one attached hydrogen (secondary N) is 2. The van der Waals surface area contributed by atoms with E-state index in [1.54, 1.807) is 12.3 Å². The average Bonchev–Trinajstić information content (AvgIpc) is 3.29. The summed E-state index contributed by atoms with van der Waals surface area (Å²) < 4.78 is 2.30. The Bertz CT molecular complexity index is 1200. The first kappa shape index (κ1) is 18.6. The van der Waals surface area contributed by atoms with Crippen LogP contribution in [0.1, 0.15) is 12.6 Å². The summed E-state index contributed by atoms with van der Waals surface area (Å²) in [4.78, 5) is 28.4. The number of carbonyl (C=O) groups is 1. The molecule has 2 N–H and O–H groups in total. The van der Waals surface area contributed by atoms with Crippen LogP contribution in [-0.4, -0.2) is 25.5 Å². The molecule has 28 heavy (non-hydrogen) atoms. The molecular formula is C17H14N6O2S3. The van der Waals surface area contributed by atoms with Crippen LogP contribution in [-0.2, 0) is 10.5 Å². The van der Waals surface area contributed by atoms with E-state index in [1.807, 2.05) is 29.6 Å². The van der Waals surface area contributed by atoms with E-state index in [0.29, 0.717) is 27.2 Å². The van der Waals surface area contributed by atoms with E-state index < -0.39 is 0 Å². The fourth-order valence-corrected chi connectivity index (χ4v) is 4.82. The van der Waals surface area contributed by atoms with Crippen molar-refractivity contribution in [3.05, 3.63) is 58.0 Å². The summed E-state index contributed by atoms with van der Waals surface area (Å²) in [6.45, 7) is 1.47. The second kappa shape index (κ2) is 8.09. The number of thioether (sulfide) groups is 1. The van der Waals surface area contributed by atoms with E-state index in [2.05, 4.69) is 25.8 Å². The van der Waals surface area contributed by atoms with Crippen LogP contribution < -0.4 is 16.2 Å². The van der Waals surface area contributed by atoms with E-state index in [0.717, 1.165) is 10.0 Å². The van der Waals surface area contributed by atoms with Gasteiger partial charge in [0.25, 0.3) is 5.56 Å². The summed E-state index contributed by atoms with van der Waals surface area (Å²) in [5.74, 6) is 0.414. The minimum Gasteiger partial charge on any atom is -0.330 e. The number of rotatable bonds is 6. The van der Waals surface area contributed by atoms with Crippen LogP contribution in [0, 0.1) is 0 Å². The molecule has 0 aliphatic heterocycles. The molecule has 0 bridgehead atoms. The Morgan fingerprint density at radius 2 is 2.11 bits per heavy atom. The van der Waals surface area contributed by atoms with Crippen molar-refractivity contribution in [2.75, 3.05) is 10.6 Å². The normalized spacial score (nSPS) is 10.9.